The molecule has 3 aliphatic heterocycles. The molecule has 12 nitrogen and oxygen atoms in total. The molecule has 3 saturated heterocycles. The second-order valence-corrected chi connectivity index (χ2v) is 17.1. The second-order valence-electron chi connectivity index (χ2n) is 17.1. The van der Waals surface area contributed by atoms with E-state index in [0.717, 1.165) is 0 Å². The third-order valence-electron chi connectivity index (χ3n) is 11.7. The SMILES string of the molecule is CO[C@]1(C)C[C@H](O[C@H]2[C@H](C)[C@@H](O[C@@H]3O[C@H](C)C[C@H](N(C)C)[C@H]3O)[C@](C)(O)C[C@@H](C)CN(C)C(=O)C[C@H](CC(C)C)NC(=O)[C@@H]2C)O[C@@H](C)[C@@H]1C. The van der Waals surface area contributed by atoms with Crippen molar-refractivity contribution in [1.29, 1.82) is 0 Å². The molecule has 0 saturated carbocycles. The molecule has 3 N–H and O–H groups in total. The number of nitrogens with zero attached hydrogens (tertiary/aromatic N) is 2. The first-order valence-electron chi connectivity index (χ1n) is 18.9. The van der Waals surface area contributed by atoms with Crippen LogP contribution in [0.4, 0.5) is 0 Å². The molecule has 50 heavy (non-hydrogen) atoms. The van der Waals surface area contributed by atoms with E-state index in [0.29, 0.717) is 25.8 Å². The average molecular weight is 714 g/mol. The highest BCUT2D eigenvalue weighted by molar-refractivity contribution is 5.81. The van der Waals surface area contributed by atoms with Crippen LogP contribution in [0.3, 0.4) is 0 Å². The van der Waals surface area contributed by atoms with Crippen molar-refractivity contribution in [3.05, 3.63) is 0 Å². The third-order valence-corrected chi connectivity index (χ3v) is 11.7. The lowest BCUT2D eigenvalue weighted by Crippen LogP contribution is -2.60. The monoisotopic (exact) mass is 714 g/mol. The Hall–Kier alpha value is -1.38. The highest BCUT2D eigenvalue weighted by Gasteiger charge is 2.50. The van der Waals surface area contributed by atoms with Crippen LogP contribution in [-0.2, 0) is 33.3 Å². The maximum Gasteiger partial charge on any atom is 0.225 e. The van der Waals surface area contributed by atoms with Gasteiger partial charge in [-0.05, 0) is 72.9 Å². The summed E-state index contributed by atoms with van der Waals surface area (Å²) in [5.41, 5.74) is -2.00. The Kier molecular flexibility index (Phi) is 15.2. The molecule has 292 valence electrons. The number of likely N-dealkylation sites (N-methyl/N-ethyl adjacent to an activating group) is 1. The van der Waals surface area contributed by atoms with Crippen LogP contribution < -0.4 is 5.32 Å². The van der Waals surface area contributed by atoms with Crippen molar-refractivity contribution in [2.24, 2.45) is 29.6 Å². The largest absolute Gasteiger partial charge is 0.387 e. The first kappa shape index (κ1) is 43.0. The molecule has 0 unspecified atom stereocenters. The number of carbonyl (C=O) groups excluding carboxylic acids is 2. The van der Waals surface area contributed by atoms with Gasteiger partial charge in [-0.15, -0.1) is 0 Å². The van der Waals surface area contributed by atoms with Crippen molar-refractivity contribution in [3.63, 3.8) is 0 Å². The quantitative estimate of drug-likeness (QED) is 0.341. The molecule has 3 aliphatic rings. The Morgan fingerprint density at radius 1 is 1.04 bits per heavy atom. The second kappa shape index (κ2) is 17.6. The minimum Gasteiger partial charge on any atom is -0.387 e. The zero-order valence-corrected chi connectivity index (χ0v) is 33.5. The summed E-state index contributed by atoms with van der Waals surface area (Å²) >= 11 is 0. The summed E-state index contributed by atoms with van der Waals surface area (Å²) in [5, 5.41) is 27.1. The summed E-state index contributed by atoms with van der Waals surface area (Å²) in [6.07, 6.45) is -2.67. The number of amides is 2. The number of methoxy groups -OCH3 is 1. The minimum absolute atomic E-state index is 0.0684. The summed E-state index contributed by atoms with van der Waals surface area (Å²) < 4.78 is 32.2. The predicted octanol–water partition coefficient (Wildman–Crippen LogP) is 3.80. The summed E-state index contributed by atoms with van der Waals surface area (Å²) in [5.74, 6) is -1.39. The van der Waals surface area contributed by atoms with E-state index >= 15 is 0 Å². The fraction of sp³-hybridized carbons (Fsp3) is 0.947. The summed E-state index contributed by atoms with van der Waals surface area (Å²) in [6, 6.07) is -0.579. The summed E-state index contributed by atoms with van der Waals surface area (Å²) in [6.45, 7) is 20.1. The van der Waals surface area contributed by atoms with Crippen LogP contribution in [0.5, 0.6) is 0 Å². The maximum absolute atomic E-state index is 14.2. The van der Waals surface area contributed by atoms with E-state index in [2.05, 4.69) is 26.1 Å². The van der Waals surface area contributed by atoms with Gasteiger partial charge in [0.1, 0.15) is 6.10 Å². The number of aliphatic hydroxyl groups is 2. The Balaban J connectivity index is 2.12. The van der Waals surface area contributed by atoms with Gasteiger partial charge in [0.25, 0.3) is 0 Å². The highest BCUT2D eigenvalue weighted by atomic mass is 16.7. The van der Waals surface area contributed by atoms with E-state index in [-0.39, 0.29) is 66.7 Å². The Bertz CT molecular complexity index is 1110. The third kappa shape index (κ3) is 10.6. The summed E-state index contributed by atoms with van der Waals surface area (Å²) in [7, 11) is 7.29. The molecule has 3 rings (SSSR count). The van der Waals surface area contributed by atoms with Gasteiger partial charge in [-0.3, -0.25) is 9.59 Å². The molecule has 0 bridgehead atoms. The van der Waals surface area contributed by atoms with Gasteiger partial charge >= 0.3 is 0 Å². The van der Waals surface area contributed by atoms with Gasteiger partial charge in [0.2, 0.25) is 11.8 Å². The van der Waals surface area contributed by atoms with Crippen LogP contribution in [0.2, 0.25) is 0 Å². The number of nitrogens with one attached hydrogen (secondary N) is 1. The van der Waals surface area contributed by atoms with Crippen LogP contribution in [0.1, 0.15) is 101 Å². The van der Waals surface area contributed by atoms with E-state index in [1.807, 2.05) is 60.5 Å². The molecule has 0 aromatic rings. The number of rotatable bonds is 8. The molecule has 0 aromatic heterocycles. The van der Waals surface area contributed by atoms with Crippen molar-refractivity contribution in [2.45, 2.75) is 168 Å². The Labute approximate surface area is 302 Å². The first-order chi connectivity index (χ1) is 23.1. The van der Waals surface area contributed by atoms with Gasteiger partial charge in [-0.2, -0.15) is 0 Å². The zero-order valence-electron chi connectivity index (χ0n) is 33.5. The Morgan fingerprint density at radius 2 is 1.68 bits per heavy atom. The zero-order chi connectivity index (χ0) is 37.9. The first-order valence-corrected chi connectivity index (χ1v) is 18.9. The fourth-order valence-corrected chi connectivity index (χ4v) is 8.52. The molecule has 3 heterocycles. The molecule has 0 aromatic carbocycles. The molecule has 15 atom stereocenters. The highest BCUT2D eigenvalue weighted by Crippen LogP contribution is 2.41. The average Bonchev–Trinajstić information content (AvgIpc) is 3.00. The van der Waals surface area contributed by atoms with E-state index in [1.165, 1.54) is 0 Å². The van der Waals surface area contributed by atoms with Crippen molar-refractivity contribution < 1.29 is 43.5 Å². The van der Waals surface area contributed by atoms with Crippen LogP contribution in [-0.4, -0.2) is 133 Å². The number of carbonyl (C=O) groups is 2. The van der Waals surface area contributed by atoms with E-state index in [9.17, 15) is 19.8 Å². The van der Waals surface area contributed by atoms with E-state index in [1.54, 1.807) is 26.0 Å². The maximum atomic E-state index is 14.2. The lowest BCUT2D eigenvalue weighted by Gasteiger charge is -2.49. The molecular weight excluding hydrogens is 642 g/mol. The lowest BCUT2D eigenvalue weighted by molar-refractivity contribution is -0.313. The molecule has 12 heteroatoms. The van der Waals surface area contributed by atoms with Gasteiger partial charge in [-0.25, -0.2) is 0 Å². The molecule has 3 fully saturated rings. The van der Waals surface area contributed by atoms with Crippen LogP contribution in [0.25, 0.3) is 0 Å². The standard InChI is InChI=1S/C38H71N3O9/c1-21(2)15-28-17-30(42)41(13)20-22(3)18-37(9,45)34(50-36-32(43)29(40(11)12)16-23(4)47-36)24(5)33(25(6)35(44)39-28)49-31-19-38(10,46-14)26(7)27(8)48-31/h21-29,31-34,36,43,45H,15-20H2,1-14H3,(H,39,44)/t22-,23-,24+,25-,26+,27+,28+,29+,31+,32-,33+,34-,36+,37-,38-/m1/s1. The number of hydrogen-bond donors (Lipinski definition) is 3. The number of ether oxygens (including phenoxy) is 5. The van der Waals surface area contributed by atoms with Crippen molar-refractivity contribution in [2.75, 3.05) is 34.8 Å². The van der Waals surface area contributed by atoms with Crippen LogP contribution in [0, 0.1) is 29.6 Å². The predicted molar refractivity (Wildman–Crippen MR) is 192 cm³/mol. The van der Waals surface area contributed by atoms with Crippen molar-refractivity contribution in [1.82, 2.24) is 15.1 Å². The molecule has 0 radical (unpaired) electrons. The van der Waals surface area contributed by atoms with Gasteiger partial charge in [-0.1, -0.05) is 41.5 Å². The van der Waals surface area contributed by atoms with Crippen molar-refractivity contribution >= 4 is 11.8 Å². The molecule has 2 amide bonds. The van der Waals surface area contributed by atoms with Crippen LogP contribution >= 0.6 is 0 Å². The Morgan fingerprint density at radius 3 is 2.26 bits per heavy atom. The van der Waals surface area contributed by atoms with Gasteiger partial charge in [0, 0.05) is 57.5 Å². The molecule has 0 spiro atoms. The van der Waals surface area contributed by atoms with Gasteiger partial charge in [0.05, 0.1) is 41.5 Å². The van der Waals surface area contributed by atoms with Gasteiger partial charge in [0.15, 0.2) is 12.6 Å². The number of aliphatic hydroxyl groups excluding tert-OH is 1. The van der Waals surface area contributed by atoms with Crippen LogP contribution in [0.15, 0.2) is 0 Å². The smallest absolute Gasteiger partial charge is 0.225 e. The fourth-order valence-electron chi connectivity index (χ4n) is 8.52. The van der Waals surface area contributed by atoms with E-state index < -0.39 is 53.9 Å². The number of hydrogen-bond acceptors (Lipinski definition) is 10. The molecular formula is C38H71N3O9. The van der Waals surface area contributed by atoms with Gasteiger partial charge < -0.3 is 49.0 Å². The van der Waals surface area contributed by atoms with Crippen molar-refractivity contribution in [3.8, 4) is 0 Å². The molecule has 0 aliphatic carbocycles. The minimum atomic E-state index is -1.47. The van der Waals surface area contributed by atoms with E-state index in [4.69, 9.17) is 23.7 Å². The normalized spacial score (nSPS) is 44.7. The lowest BCUT2D eigenvalue weighted by atomic mass is 9.77. The summed E-state index contributed by atoms with van der Waals surface area (Å²) in [4.78, 5) is 31.3. The topological polar surface area (TPSA) is 139 Å².